The van der Waals surface area contributed by atoms with E-state index in [1.807, 2.05) is 37.3 Å². The molecule has 86 valence electrons. The van der Waals surface area contributed by atoms with Crippen molar-refractivity contribution in [3.8, 4) is 0 Å². The topological polar surface area (TPSA) is 50.4 Å². The van der Waals surface area contributed by atoms with Crippen molar-refractivity contribution < 1.29 is 9.53 Å². The van der Waals surface area contributed by atoms with Crippen molar-refractivity contribution in [3.63, 3.8) is 0 Å². The van der Waals surface area contributed by atoms with Crippen molar-refractivity contribution in [2.75, 3.05) is 7.11 Å². The van der Waals surface area contributed by atoms with Gasteiger partial charge < -0.3 is 10.1 Å². The Hall–Kier alpha value is -1.62. The van der Waals surface area contributed by atoms with Crippen molar-refractivity contribution in [1.29, 1.82) is 0 Å². The van der Waals surface area contributed by atoms with Gasteiger partial charge in [0.05, 0.1) is 13.2 Å². The van der Waals surface area contributed by atoms with E-state index in [1.54, 1.807) is 0 Å². The van der Waals surface area contributed by atoms with E-state index >= 15 is 0 Å². The zero-order chi connectivity index (χ0) is 12.0. The molecule has 2 N–H and O–H groups in total. The second kappa shape index (κ2) is 6.07. The first-order valence-electron chi connectivity index (χ1n) is 4.84. The highest BCUT2D eigenvalue weighted by Crippen LogP contribution is 2.10. The highest BCUT2D eigenvalue weighted by Gasteiger charge is 2.08. The summed E-state index contributed by atoms with van der Waals surface area (Å²) in [5.74, 6) is 0. The third kappa shape index (κ3) is 3.86. The van der Waals surface area contributed by atoms with Crippen molar-refractivity contribution in [1.82, 2.24) is 10.6 Å². The highest BCUT2D eigenvalue weighted by atomic mass is 32.1. The van der Waals surface area contributed by atoms with Crippen LogP contribution in [0.1, 0.15) is 18.5 Å². The lowest BCUT2D eigenvalue weighted by Crippen LogP contribution is -2.40. The van der Waals surface area contributed by atoms with Gasteiger partial charge in [0.15, 0.2) is 5.11 Å². The van der Waals surface area contributed by atoms with Crippen LogP contribution in [0.25, 0.3) is 0 Å². The van der Waals surface area contributed by atoms with E-state index in [4.69, 9.17) is 12.2 Å². The zero-order valence-electron chi connectivity index (χ0n) is 9.19. The second-order valence-electron chi connectivity index (χ2n) is 3.22. The van der Waals surface area contributed by atoms with E-state index in [-0.39, 0.29) is 11.2 Å². The Kier molecular flexibility index (Phi) is 4.72. The lowest BCUT2D eigenvalue weighted by atomic mass is 10.1. The minimum absolute atomic E-state index is 0.0332. The molecule has 0 aliphatic carbocycles. The van der Waals surface area contributed by atoms with Gasteiger partial charge in [0.2, 0.25) is 0 Å². The van der Waals surface area contributed by atoms with Crippen LogP contribution in [0.4, 0.5) is 4.79 Å². The van der Waals surface area contributed by atoms with Gasteiger partial charge in [-0.1, -0.05) is 30.3 Å². The number of methoxy groups -OCH3 is 1. The molecule has 1 unspecified atom stereocenters. The monoisotopic (exact) mass is 238 g/mol. The van der Waals surface area contributed by atoms with Gasteiger partial charge in [0.25, 0.3) is 0 Å². The molecule has 0 aliphatic rings. The first kappa shape index (κ1) is 12.4. The number of rotatable bonds is 2. The summed E-state index contributed by atoms with van der Waals surface area (Å²) in [5, 5.41) is 5.62. The first-order chi connectivity index (χ1) is 7.63. The van der Waals surface area contributed by atoms with Crippen LogP contribution >= 0.6 is 12.2 Å². The van der Waals surface area contributed by atoms with Gasteiger partial charge in [-0.05, 0) is 24.7 Å². The van der Waals surface area contributed by atoms with Crippen LogP contribution in [-0.2, 0) is 4.74 Å². The van der Waals surface area contributed by atoms with Crippen LogP contribution in [0, 0.1) is 0 Å². The first-order valence-corrected chi connectivity index (χ1v) is 5.24. The summed E-state index contributed by atoms with van der Waals surface area (Å²) in [6.07, 6.45) is -0.572. The standard InChI is InChI=1S/C11H14N2O2S/c1-8(9-6-4-3-5-7-9)12-10(16)13-11(14)15-2/h3-8H,1-2H3,(H2,12,13,14,16). The molecule has 1 atom stereocenters. The molecule has 1 amide bonds. The Morgan fingerprint density at radius 2 is 2.00 bits per heavy atom. The average molecular weight is 238 g/mol. The van der Waals surface area contributed by atoms with E-state index in [0.29, 0.717) is 0 Å². The molecule has 0 spiro atoms. The Labute approximate surface area is 100.0 Å². The molecule has 1 aromatic rings. The van der Waals surface area contributed by atoms with Gasteiger partial charge in [-0.25, -0.2) is 4.79 Å². The SMILES string of the molecule is COC(=O)NC(=S)NC(C)c1ccccc1. The maximum absolute atomic E-state index is 10.9. The quantitative estimate of drug-likeness (QED) is 0.774. The molecule has 16 heavy (non-hydrogen) atoms. The Morgan fingerprint density at radius 3 is 2.56 bits per heavy atom. The molecular weight excluding hydrogens is 224 g/mol. The van der Waals surface area contributed by atoms with Gasteiger partial charge in [-0.15, -0.1) is 0 Å². The van der Waals surface area contributed by atoms with E-state index in [0.717, 1.165) is 5.56 Å². The molecule has 0 bridgehead atoms. The Morgan fingerprint density at radius 1 is 1.38 bits per heavy atom. The normalized spacial score (nSPS) is 11.4. The molecule has 4 nitrogen and oxygen atoms in total. The van der Waals surface area contributed by atoms with Gasteiger partial charge >= 0.3 is 6.09 Å². The smallest absolute Gasteiger partial charge is 0.413 e. The summed E-state index contributed by atoms with van der Waals surface area (Å²) in [7, 11) is 1.29. The number of alkyl carbamates (subject to hydrolysis) is 1. The predicted octanol–water partition coefficient (Wildman–Crippen LogP) is 1.98. The molecule has 0 aromatic heterocycles. The Bertz CT molecular complexity index is 368. The number of hydrogen-bond acceptors (Lipinski definition) is 3. The lowest BCUT2D eigenvalue weighted by Gasteiger charge is -2.16. The van der Waals surface area contributed by atoms with E-state index < -0.39 is 6.09 Å². The van der Waals surface area contributed by atoms with E-state index in [2.05, 4.69) is 15.4 Å². The van der Waals surface area contributed by atoms with Gasteiger partial charge in [-0.3, -0.25) is 5.32 Å². The van der Waals surface area contributed by atoms with E-state index in [9.17, 15) is 4.79 Å². The maximum atomic E-state index is 10.9. The van der Waals surface area contributed by atoms with E-state index in [1.165, 1.54) is 7.11 Å². The van der Waals surface area contributed by atoms with Gasteiger partial charge in [0.1, 0.15) is 0 Å². The van der Waals surface area contributed by atoms with Crippen LogP contribution in [0.5, 0.6) is 0 Å². The number of carbonyl (C=O) groups excluding carboxylic acids is 1. The number of carbonyl (C=O) groups is 1. The van der Waals surface area contributed by atoms with Crippen LogP contribution in [-0.4, -0.2) is 18.3 Å². The van der Waals surface area contributed by atoms with Crippen LogP contribution in [0.15, 0.2) is 30.3 Å². The summed E-state index contributed by atoms with van der Waals surface area (Å²) in [5.41, 5.74) is 1.09. The number of benzene rings is 1. The van der Waals surface area contributed by atoms with Crippen molar-refractivity contribution in [2.24, 2.45) is 0 Å². The number of thiocarbonyl (C=S) groups is 1. The molecule has 0 saturated heterocycles. The van der Waals surface area contributed by atoms with Crippen LogP contribution < -0.4 is 10.6 Å². The van der Waals surface area contributed by atoms with Gasteiger partial charge in [-0.2, -0.15) is 0 Å². The fraction of sp³-hybridized carbons (Fsp3) is 0.273. The predicted molar refractivity (Wildman–Crippen MR) is 66.1 cm³/mol. The van der Waals surface area contributed by atoms with Crippen molar-refractivity contribution in [3.05, 3.63) is 35.9 Å². The number of amides is 1. The van der Waals surface area contributed by atoms with Crippen LogP contribution in [0.2, 0.25) is 0 Å². The van der Waals surface area contributed by atoms with Gasteiger partial charge in [0, 0.05) is 0 Å². The third-order valence-electron chi connectivity index (χ3n) is 2.05. The summed E-state index contributed by atoms with van der Waals surface area (Å²) in [6, 6.07) is 9.85. The minimum atomic E-state index is -0.572. The molecule has 0 radical (unpaired) electrons. The molecule has 1 aromatic carbocycles. The van der Waals surface area contributed by atoms with Crippen molar-refractivity contribution >= 4 is 23.4 Å². The summed E-state index contributed by atoms with van der Waals surface area (Å²) < 4.78 is 4.43. The lowest BCUT2D eigenvalue weighted by molar-refractivity contribution is 0.176. The average Bonchev–Trinajstić information content (AvgIpc) is 2.29. The second-order valence-corrected chi connectivity index (χ2v) is 3.63. The Balaban J connectivity index is 2.49. The molecule has 0 saturated carbocycles. The molecular formula is C11H14N2O2S. The fourth-order valence-electron chi connectivity index (χ4n) is 1.20. The zero-order valence-corrected chi connectivity index (χ0v) is 10.0. The number of ether oxygens (including phenoxy) is 1. The molecule has 5 heteroatoms. The summed E-state index contributed by atoms with van der Waals surface area (Å²) in [6.45, 7) is 1.96. The highest BCUT2D eigenvalue weighted by molar-refractivity contribution is 7.80. The van der Waals surface area contributed by atoms with Crippen LogP contribution in [0.3, 0.4) is 0 Å². The molecule has 0 heterocycles. The molecule has 1 rings (SSSR count). The molecule has 0 aliphatic heterocycles. The largest absolute Gasteiger partial charge is 0.453 e. The number of hydrogen-bond donors (Lipinski definition) is 2. The summed E-state index contributed by atoms with van der Waals surface area (Å²) in [4.78, 5) is 10.9. The summed E-state index contributed by atoms with van der Waals surface area (Å²) >= 11 is 4.95. The minimum Gasteiger partial charge on any atom is -0.453 e. The number of nitrogens with one attached hydrogen (secondary N) is 2. The van der Waals surface area contributed by atoms with Crippen molar-refractivity contribution in [2.45, 2.75) is 13.0 Å². The molecule has 0 fully saturated rings. The fourth-order valence-corrected chi connectivity index (χ4v) is 1.46. The maximum Gasteiger partial charge on any atom is 0.413 e. The third-order valence-corrected chi connectivity index (χ3v) is 2.27.